The summed E-state index contributed by atoms with van der Waals surface area (Å²) in [4.78, 5) is 0. The standard InChI is InChI=1S/C5H11NO3/c1-8-5-4-6(7)2-3-9-5/h5,7H,2-4H2,1H3. The topological polar surface area (TPSA) is 41.9 Å². The van der Waals surface area contributed by atoms with Crippen LogP contribution in [0.2, 0.25) is 0 Å². The molecule has 0 aliphatic carbocycles. The van der Waals surface area contributed by atoms with Gasteiger partial charge in [-0.3, -0.25) is 0 Å². The van der Waals surface area contributed by atoms with E-state index >= 15 is 0 Å². The highest BCUT2D eigenvalue weighted by Gasteiger charge is 2.17. The predicted octanol–water partition coefficient (Wildman–Crippen LogP) is -0.320. The molecule has 1 aliphatic rings. The van der Waals surface area contributed by atoms with E-state index in [1.807, 2.05) is 0 Å². The summed E-state index contributed by atoms with van der Waals surface area (Å²) in [6.07, 6.45) is -0.260. The van der Waals surface area contributed by atoms with Crippen LogP contribution in [0.5, 0.6) is 0 Å². The Bertz CT molecular complexity index is 88.3. The number of rotatable bonds is 1. The molecule has 1 N–H and O–H groups in total. The van der Waals surface area contributed by atoms with Crippen molar-refractivity contribution in [2.24, 2.45) is 0 Å². The second kappa shape index (κ2) is 3.12. The molecule has 1 saturated heterocycles. The van der Waals surface area contributed by atoms with Gasteiger partial charge in [0.05, 0.1) is 13.2 Å². The summed E-state index contributed by atoms with van der Waals surface area (Å²) < 4.78 is 9.91. The van der Waals surface area contributed by atoms with Crippen molar-refractivity contribution in [1.82, 2.24) is 5.06 Å². The van der Waals surface area contributed by atoms with Gasteiger partial charge in [0, 0.05) is 13.7 Å². The monoisotopic (exact) mass is 133 g/mol. The molecule has 0 aromatic rings. The molecule has 1 unspecified atom stereocenters. The number of nitrogens with zero attached hydrogens (tertiary/aromatic N) is 1. The van der Waals surface area contributed by atoms with Crippen LogP contribution in [0.3, 0.4) is 0 Å². The van der Waals surface area contributed by atoms with E-state index in [1.54, 1.807) is 7.11 Å². The molecule has 4 nitrogen and oxygen atoms in total. The average Bonchev–Trinajstić information content (AvgIpc) is 1.88. The van der Waals surface area contributed by atoms with Crippen molar-refractivity contribution in [3.05, 3.63) is 0 Å². The smallest absolute Gasteiger partial charge is 0.172 e. The SMILES string of the molecule is COC1CN(O)CCO1. The van der Waals surface area contributed by atoms with E-state index in [0.717, 1.165) is 0 Å². The largest absolute Gasteiger partial charge is 0.354 e. The van der Waals surface area contributed by atoms with Crippen LogP contribution >= 0.6 is 0 Å². The van der Waals surface area contributed by atoms with Crippen molar-refractivity contribution in [3.8, 4) is 0 Å². The highest BCUT2D eigenvalue weighted by molar-refractivity contribution is 4.55. The van der Waals surface area contributed by atoms with Gasteiger partial charge in [-0.05, 0) is 0 Å². The van der Waals surface area contributed by atoms with Crippen molar-refractivity contribution in [2.75, 3.05) is 26.8 Å². The van der Waals surface area contributed by atoms with Gasteiger partial charge in [0.1, 0.15) is 0 Å². The van der Waals surface area contributed by atoms with E-state index in [0.29, 0.717) is 19.7 Å². The average molecular weight is 133 g/mol. The molecule has 1 atom stereocenters. The van der Waals surface area contributed by atoms with Crippen LogP contribution in [0.25, 0.3) is 0 Å². The lowest BCUT2D eigenvalue weighted by Gasteiger charge is -2.26. The lowest BCUT2D eigenvalue weighted by Crippen LogP contribution is -2.41. The van der Waals surface area contributed by atoms with E-state index in [4.69, 9.17) is 14.7 Å². The van der Waals surface area contributed by atoms with Gasteiger partial charge >= 0.3 is 0 Å². The summed E-state index contributed by atoms with van der Waals surface area (Å²) in [6.45, 7) is 1.55. The van der Waals surface area contributed by atoms with Crippen LogP contribution in [0.1, 0.15) is 0 Å². The summed E-state index contributed by atoms with van der Waals surface area (Å²) >= 11 is 0. The molecule has 54 valence electrons. The Labute approximate surface area is 53.9 Å². The maximum atomic E-state index is 8.88. The van der Waals surface area contributed by atoms with E-state index in [2.05, 4.69) is 0 Å². The second-order valence-corrected chi connectivity index (χ2v) is 1.95. The Morgan fingerprint density at radius 2 is 2.56 bits per heavy atom. The van der Waals surface area contributed by atoms with Gasteiger partial charge in [0.15, 0.2) is 6.29 Å². The van der Waals surface area contributed by atoms with E-state index in [9.17, 15) is 0 Å². The molecule has 0 amide bonds. The van der Waals surface area contributed by atoms with Crippen molar-refractivity contribution in [1.29, 1.82) is 0 Å². The maximum Gasteiger partial charge on any atom is 0.172 e. The van der Waals surface area contributed by atoms with Gasteiger partial charge in [-0.1, -0.05) is 0 Å². The van der Waals surface area contributed by atoms with E-state index < -0.39 is 0 Å². The van der Waals surface area contributed by atoms with Gasteiger partial charge in [-0.2, -0.15) is 5.06 Å². The molecule has 0 radical (unpaired) electrons. The van der Waals surface area contributed by atoms with Crippen molar-refractivity contribution in [2.45, 2.75) is 6.29 Å². The first-order valence-electron chi connectivity index (χ1n) is 2.91. The third kappa shape index (κ3) is 1.91. The Balaban J connectivity index is 2.23. The number of morpholine rings is 1. The molecule has 1 fully saturated rings. The summed E-state index contributed by atoms with van der Waals surface area (Å²) in [5.41, 5.74) is 0. The first-order chi connectivity index (χ1) is 4.33. The number of ether oxygens (including phenoxy) is 2. The molecular weight excluding hydrogens is 122 g/mol. The summed E-state index contributed by atoms with van der Waals surface area (Å²) in [5.74, 6) is 0. The number of methoxy groups -OCH3 is 1. The molecule has 1 aliphatic heterocycles. The fourth-order valence-electron chi connectivity index (χ4n) is 0.748. The molecule has 0 bridgehead atoms. The summed E-state index contributed by atoms with van der Waals surface area (Å²) in [5, 5.41) is 10.1. The highest BCUT2D eigenvalue weighted by Crippen LogP contribution is 2.01. The van der Waals surface area contributed by atoms with Crippen LogP contribution in [-0.2, 0) is 9.47 Å². The third-order valence-corrected chi connectivity index (χ3v) is 1.28. The van der Waals surface area contributed by atoms with Crippen molar-refractivity contribution in [3.63, 3.8) is 0 Å². The lowest BCUT2D eigenvalue weighted by molar-refractivity contribution is -0.233. The Kier molecular flexibility index (Phi) is 2.41. The quantitative estimate of drug-likeness (QED) is 0.532. The molecule has 4 heteroatoms. The lowest BCUT2D eigenvalue weighted by atomic mass is 10.5. The maximum absolute atomic E-state index is 8.88. The molecule has 0 saturated carbocycles. The van der Waals surface area contributed by atoms with Crippen molar-refractivity contribution < 1.29 is 14.7 Å². The Hall–Kier alpha value is -0.160. The Morgan fingerprint density at radius 3 is 3.00 bits per heavy atom. The molecule has 9 heavy (non-hydrogen) atoms. The second-order valence-electron chi connectivity index (χ2n) is 1.95. The summed E-state index contributed by atoms with van der Waals surface area (Å²) in [7, 11) is 1.56. The van der Waals surface area contributed by atoms with Gasteiger partial charge < -0.3 is 14.7 Å². The molecule has 1 heterocycles. The minimum absolute atomic E-state index is 0.260. The molecule has 1 rings (SSSR count). The van der Waals surface area contributed by atoms with Crippen LogP contribution in [0, 0.1) is 0 Å². The molecular formula is C5H11NO3. The first kappa shape index (κ1) is 6.95. The molecule has 0 spiro atoms. The van der Waals surface area contributed by atoms with Crippen LogP contribution < -0.4 is 0 Å². The number of hydrogen-bond donors (Lipinski definition) is 1. The first-order valence-corrected chi connectivity index (χ1v) is 2.91. The molecule has 0 aromatic carbocycles. The van der Waals surface area contributed by atoms with Gasteiger partial charge in [-0.15, -0.1) is 0 Å². The fourth-order valence-corrected chi connectivity index (χ4v) is 0.748. The van der Waals surface area contributed by atoms with E-state index in [-0.39, 0.29) is 6.29 Å². The minimum atomic E-state index is -0.260. The third-order valence-electron chi connectivity index (χ3n) is 1.28. The zero-order valence-electron chi connectivity index (χ0n) is 5.41. The van der Waals surface area contributed by atoms with Crippen molar-refractivity contribution >= 4 is 0 Å². The normalized spacial score (nSPS) is 30.7. The fraction of sp³-hybridized carbons (Fsp3) is 1.00. The van der Waals surface area contributed by atoms with E-state index in [1.165, 1.54) is 5.06 Å². The van der Waals surface area contributed by atoms with Crippen LogP contribution in [0.15, 0.2) is 0 Å². The summed E-state index contributed by atoms with van der Waals surface area (Å²) in [6, 6.07) is 0. The van der Waals surface area contributed by atoms with Gasteiger partial charge in [0.25, 0.3) is 0 Å². The van der Waals surface area contributed by atoms with Gasteiger partial charge in [-0.25, -0.2) is 0 Å². The predicted molar refractivity (Wildman–Crippen MR) is 30.1 cm³/mol. The van der Waals surface area contributed by atoms with Gasteiger partial charge in [0.2, 0.25) is 0 Å². The number of hydroxylamine groups is 2. The minimum Gasteiger partial charge on any atom is -0.354 e. The highest BCUT2D eigenvalue weighted by atomic mass is 16.7. The van der Waals surface area contributed by atoms with Crippen LogP contribution in [-0.4, -0.2) is 43.4 Å². The zero-order chi connectivity index (χ0) is 6.69. The molecule has 0 aromatic heterocycles. The van der Waals surface area contributed by atoms with Crippen LogP contribution in [0.4, 0.5) is 0 Å². The number of hydrogen-bond acceptors (Lipinski definition) is 4. The Morgan fingerprint density at radius 1 is 1.78 bits per heavy atom. The zero-order valence-corrected chi connectivity index (χ0v) is 5.41.